The predicted molar refractivity (Wildman–Crippen MR) is 130 cm³/mol. The number of para-hydroxylation sites is 1. The fraction of sp³-hybridized carbons (Fsp3) is 0.231. The first-order valence-electron chi connectivity index (χ1n) is 11.1. The van der Waals surface area contributed by atoms with Gasteiger partial charge in [0.05, 0.1) is 10.8 Å². The molecule has 1 N–H and O–H groups in total. The van der Waals surface area contributed by atoms with E-state index < -0.39 is 16.4 Å². The molecule has 0 aliphatic carbocycles. The van der Waals surface area contributed by atoms with Gasteiger partial charge in [-0.25, -0.2) is 0 Å². The SMILES string of the molecule is O=C(c1ccccc1)[C@@H]1[C@H](c2cccc([N+](=O)[O-])c2)[C@@H]2CSCN2[C@@]12C(=O)Nc1ccccc12. The zero-order valence-corrected chi connectivity index (χ0v) is 18.9. The van der Waals surface area contributed by atoms with E-state index in [1.54, 1.807) is 36.0 Å². The highest BCUT2D eigenvalue weighted by Gasteiger charge is 2.69. The molecule has 3 aliphatic rings. The second-order valence-electron chi connectivity index (χ2n) is 8.89. The van der Waals surface area contributed by atoms with Crippen molar-refractivity contribution in [3.63, 3.8) is 0 Å². The van der Waals surface area contributed by atoms with Gasteiger partial charge in [0.2, 0.25) is 5.91 Å². The quantitative estimate of drug-likeness (QED) is 0.344. The summed E-state index contributed by atoms with van der Waals surface area (Å²) in [6, 6.07) is 23.0. The maximum absolute atomic E-state index is 14.2. The maximum atomic E-state index is 14.2. The molecule has 3 heterocycles. The van der Waals surface area contributed by atoms with Crippen LogP contribution in [0.1, 0.15) is 27.4 Å². The van der Waals surface area contributed by atoms with Crippen molar-refractivity contribution in [2.75, 3.05) is 16.9 Å². The number of hydrogen-bond donors (Lipinski definition) is 1. The van der Waals surface area contributed by atoms with Crippen LogP contribution in [-0.4, -0.2) is 39.2 Å². The third kappa shape index (κ3) is 2.82. The minimum atomic E-state index is -1.17. The summed E-state index contributed by atoms with van der Waals surface area (Å²) in [5.41, 5.74) is 1.58. The molecule has 1 spiro atoms. The number of non-ortho nitro benzene ring substituents is 1. The van der Waals surface area contributed by atoms with Gasteiger partial charge < -0.3 is 5.32 Å². The van der Waals surface area contributed by atoms with Gasteiger partial charge in [-0.15, -0.1) is 11.8 Å². The van der Waals surface area contributed by atoms with Gasteiger partial charge in [-0.1, -0.05) is 60.7 Å². The van der Waals surface area contributed by atoms with E-state index in [9.17, 15) is 19.7 Å². The van der Waals surface area contributed by atoms with Crippen molar-refractivity contribution in [2.24, 2.45) is 5.92 Å². The molecule has 0 aromatic heterocycles. The molecule has 2 saturated heterocycles. The molecule has 0 bridgehead atoms. The molecule has 3 aliphatic heterocycles. The Morgan fingerprint density at radius 3 is 2.62 bits per heavy atom. The second-order valence-corrected chi connectivity index (χ2v) is 9.89. The van der Waals surface area contributed by atoms with Crippen LogP contribution in [0, 0.1) is 16.0 Å². The second kappa shape index (κ2) is 7.78. The van der Waals surface area contributed by atoms with Crippen molar-refractivity contribution < 1.29 is 14.5 Å². The monoisotopic (exact) mass is 471 g/mol. The maximum Gasteiger partial charge on any atom is 0.269 e. The van der Waals surface area contributed by atoms with Crippen molar-refractivity contribution >= 4 is 34.8 Å². The first-order chi connectivity index (χ1) is 16.5. The van der Waals surface area contributed by atoms with E-state index in [4.69, 9.17) is 0 Å². The number of nitro groups is 1. The number of thioether (sulfide) groups is 1. The Hall–Kier alpha value is -3.49. The standard InChI is InChI=1S/C26H21N3O4S/c30-24(16-7-2-1-3-8-16)23-22(17-9-6-10-18(13-17)29(32)33)21-14-34-15-28(21)26(23)19-11-4-5-12-20(19)27-25(26)31/h1-13,21-23H,14-15H2,(H,27,31)/t21-,22+,23-,26+/m0/s1. The van der Waals surface area contributed by atoms with Crippen LogP contribution >= 0.6 is 11.8 Å². The predicted octanol–water partition coefficient (Wildman–Crippen LogP) is 4.41. The van der Waals surface area contributed by atoms with Gasteiger partial charge in [0.15, 0.2) is 5.78 Å². The molecule has 0 radical (unpaired) electrons. The molecular weight excluding hydrogens is 450 g/mol. The van der Waals surface area contributed by atoms with Crippen molar-refractivity contribution in [1.82, 2.24) is 4.90 Å². The van der Waals surface area contributed by atoms with E-state index in [1.807, 2.05) is 48.5 Å². The first-order valence-corrected chi connectivity index (χ1v) is 12.3. The number of nitro benzene ring substituents is 1. The number of anilines is 1. The molecule has 8 heteroatoms. The third-order valence-corrected chi connectivity index (χ3v) is 8.37. The fourth-order valence-electron chi connectivity index (χ4n) is 6.03. The molecule has 7 nitrogen and oxygen atoms in total. The van der Waals surface area contributed by atoms with Crippen LogP contribution in [0.5, 0.6) is 0 Å². The van der Waals surface area contributed by atoms with Crippen molar-refractivity contribution in [1.29, 1.82) is 0 Å². The number of carbonyl (C=O) groups excluding carboxylic acids is 2. The number of amides is 1. The molecule has 3 aromatic rings. The normalized spacial score (nSPS) is 27.4. The number of nitrogens with one attached hydrogen (secondary N) is 1. The van der Waals surface area contributed by atoms with E-state index in [2.05, 4.69) is 10.2 Å². The summed E-state index contributed by atoms with van der Waals surface area (Å²) in [4.78, 5) is 41.4. The Balaban J connectivity index is 1.62. The van der Waals surface area contributed by atoms with E-state index in [-0.39, 0.29) is 29.3 Å². The van der Waals surface area contributed by atoms with E-state index in [0.29, 0.717) is 17.1 Å². The van der Waals surface area contributed by atoms with Crippen LogP contribution in [0.15, 0.2) is 78.9 Å². The molecular formula is C26H21N3O4S. The summed E-state index contributed by atoms with van der Waals surface area (Å²) < 4.78 is 0. The number of fused-ring (bicyclic) bond motifs is 4. The van der Waals surface area contributed by atoms with Crippen LogP contribution in [-0.2, 0) is 10.3 Å². The van der Waals surface area contributed by atoms with Crippen LogP contribution in [0.2, 0.25) is 0 Å². The molecule has 2 fully saturated rings. The smallest absolute Gasteiger partial charge is 0.269 e. The lowest BCUT2D eigenvalue weighted by Gasteiger charge is -2.36. The summed E-state index contributed by atoms with van der Waals surface area (Å²) >= 11 is 1.72. The Kier molecular flexibility index (Phi) is 4.82. The number of benzene rings is 3. The average molecular weight is 472 g/mol. The molecule has 170 valence electrons. The van der Waals surface area contributed by atoms with Crippen LogP contribution in [0.4, 0.5) is 11.4 Å². The third-order valence-electron chi connectivity index (χ3n) is 7.33. The van der Waals surface area contributed by atoms with E-state index >= 15 is 0 Å². The molecule has 0 saturated carbocycles. The summed E-state index contributed by atoms with van der Waals surface area (Å²) in [6.45, 7) is 0. The largest absolute Gasteiger partial charge is 0.324 e. The Morgan fingerprint density at radius 1 is 1.06 bits per heavy atom. The summed E-state index contributed by atoms with van der Waals surface area (Å²) in [6.07, 6.45) is 0. The Bertz CT molecular complexity index is 1330. The van der Waals surface area contributed by atoms with E-state index in [1.165, 1.54) is 6.07 Å². The summed E-state index contributed by atoms with van der Waals surface area (Å²) in [7, 11) is 0. The van der Waals surface area contributed by atoms with Gasteiger partial charge in [-0.05, 0) is 11.6 Å². The summed E-state index contributed by atoms with van der Waals surface area (Å²) in [5, 5.41) is 14.6. The van der Waals surface area contributed by atoms with Crippen molar-refractivity contribution in [3.8, 4) is 0 Å². The highest BCUT2D eigenvalue weighted by molar-refractivity contribution is 7.99. The van der Waals surface area contributed by atoms with Gasteiger partial charge in [0.25, 0.3) is 5.69 Å². The summed E-state index contributed by atoms with van der Waals surface area (Å²) in [5.74, 6) is -0.0859. The lowest BCUT2D eigenvalue weighted by molar-refractivity contribution is -0.384. The Labute approximate surface area is 200 Å². The molecule has 34 heavy (non-hydrogen) atoms. The molecule has 6 rings (SSSR count). The minimum Gasteiger partial charge on any atom is -0.324 e. The van der Waals surface area contributed by atoms with E-state index in [0.717, 1.165) is 16.9 Å². The topological polar surface area (TPSA) is 92.5 Å². The lowest BCUT2D eigenvalue weighted by atomic mass is 9.69. The van der Waals surface area contributed by atoms with Crippen molar-refractivity contribution in [2.45, 2.75) is 17.5 Å². The highest BCUT2D eigenvalue weighted by atomic mass is 32.2. The van der Waals surface area contributed by atoms with Crippen LogP contribution in [0.25, 0.3) is 0 Å². The highest BCUT2D eigenvalue weighted by Crippen LogP contribution is 2.61. The number of rotatable bonds is 4. The first kappa shape index (κ1) is 21.1. The molecule has 0 unspecified atom stereocenters. The molecule has 3 aromatic carbocycles. The zero-order chi connectivity index (χ0) is 23.4. The van der Waals surface area contributed by atoms with Crippen molar-refractivity contribution in [3.05, 3.63) is 106 Å². The van der Waals surface area contributed by atoms with Gasteiger partial charge in [-0.3, -0.25) is 24.6 Å². The van der Waals surface area contributed by atoms with Gasteiger partial charge >= 0.3 is 0 Å². The number of hydrogen-bond acceptors (Lipinski definition) is 6. The number of Topliss-reactive ketones (excluding diaryl/α,β-unsaturated/α-hetero) is 1. The molecule has 4 atom stereocenters. The Morgan fingerprint density at radius 2 is 1.82 bits per heavy atom. The molecule has 1 amide bonds. The van der Waals surface area contributed by atoms with Crippen LogP contribution in [0.3, 0.4) is 0 Å². The fourth-order valence-corrected chi connectivity index (χ4v) is 7.36. The lowest BCUT2D eigenvalue weighted by Crippen LogP contribution is -2.52. The number of carbonyl (C=O) groups is 2. The van der Waals surface area contributed by atoms with Gasteiger partial charge in [0.1, 0.15) is 5.54 Å². The van der Waals surface area contributed by atoms with Gasteiger partial charge in [0, 0.05) is 52.5 Å². The number of nitrogens with zero attached hydrogens (tertiary/aromatic N) is 2. The minimum absolute atomic E-state index is 0.0159. The van der Waals surface area contributed by atoms with Crippen LogP contribution < -0.4 is 5.32 Å². The number of ketones is 1. The van der Waals surface area contributed by atoms with Gasteiger partial charge in [-0.2, -0.15) is 0 Å². The zero-order valence-electron chi connectivity index (χ0n) is 18.1. The average Bonchev–Trinajstić information content (AvgIpc) is 3.52.